The molecule has 2 aromatic rings. The lowest BCUT2D eigenvalue weighted by molar-refractivity contribution is -0.141. The Morgan fingerprint density at radius 3 is 2.48 bits per heavy atom. The van der Waals surface area contributed by atoms with Crippen LogP contribution in [0.15, 0.2) is 36.4 Å². The van der Waals surface area contributed by atoms with Crippen molar-refractivity contribution in [3.63, 3.8) is 0 Å². The second kappa shape index (κ2) is 10.7. The van der Waals surface area contributed by atoms with Crippen molar-refractivity contribution in [1.82, 2.24) is 10.2 Å². The van der Waals surface area contributed by atoms with Crippen molar-refractivity contribution in [1.29, 1.82) is 0 Å². The maximum Gasteiger partial charge on any atom is 0.242 e. The lowest BCUT2D eigenvalue weighted by atomic mass is 10.1. The van der Waals surface area contributed by atoms with Gasteiger partial charge in [-0.15, -0.1) is 0 Å². The lowest BCUT2D eigenvalue weighted by Gasteiger charge is -2.30. The molecule has 1 N–H and O–H groups in total. The van der Waals surface area contributed by atoms with Crippen molar-refractivity contribution < 1.29 is 19.1 Å². The molecule has 0 fully saturated rings. The first kappa shape index (κ1) is 23.2. The first-order valence-electron chi connectivity index (χ1n) is 10.3. The third-order valence-corrected chi connectivity index (χ3v) is 5.88. The minimum atomic E-state index is -0.571. The summed E-state index contributed by atoms with van der Waals surface area (Å²) in [6.07, 6.45) is 1.29. The number of fused-ring (bicyclic) bond motifs is 1. The molecule has 0 radical (unpaired) electrons. The molecule has 2 amide bonds. The summed E-state index contributed by atoms with van der Waals surface area (Å²) in [5, 5.41) is 3.69. The summed E-state index contributed by atoms with van der Waals surface area (Å²) >= 11 is 12.2. The third kappa shape index (κ3) is 5.83. The van der Waals surface area contributed by atoms with Gasteiger partial charge in [0.15, 0.2) is 11.5 Å². The van der Waals surface area contributed by atoms with Crippen LogP contribution in [0.2, 0.25) is 10.0 Å². The molecule has 0 aromatic heterocycles. The van der Waals surface area contributed by atoms with Crippen molar-refractivity contribution in [2.75, 3.05) is 13.3 Å². The molecule has 0 spiro atoms. The Bertz CT molecular complexity index is 951. The Labute approximate surface area is 192 Å². The molecule has 31 heavy (non-hydrogen) atoms. The highest BCUT2D eigenvalue weighted by Gasteiger charge is 2.28. The van der Waals surface area contributed by atoms with Gasteiger partial charge < -0.3 is 19.7 Å². The van der Waals surface area contributed by atoms with Crippen LogP contribution in [0, 0.1) is 0 Å². The average Bonchev–Trinajstić information content (AvgIpc) is 3.22. The molecule has 0 bridgehead atoms. The molecule has 0 saturated carbocycles. The van der Waals surface area contributed by atoms with Crippen LogP contribution in [-0.2, 0) is 22.6 Å². The van der Waals surface area contributed by atoms with Gasteiger partial charge in [-0.2, -0.15) is 0 Å². The van der Waals surface area contributed by atoms with Crippen molar-refractivity contribution >= 4 is 35.0 Å². The normalized spacial score (nSPS) is 13.0. The number of aryl methyl sites for hydroxylation is 1. The van der Waals surface area contributed by atoms with Crippen LogP contribution in [-0.4, -0.2) is 36.1 Å². The topological polar surface area (TPSA) is 67.9 Å². The first-order valence-corrected chi connectivity index (χ1v) is 11.1. The second-order valence-electron chi connectivity index (χ2n) is 7.28. The highest BCUT2D eigenvalue weighted by molar-refractivity contribution is 6.42. The number of nitrogens with zero attached hydrogens (tertiary/aromatic N) is 1. The molecule has 1 aliphatic rings. The zero-order valence-corrected chi connectivity index (χ0v) is 19.1. The standard InChI is InChI=1S/C23H26Cl2N2O4/c1-3-19(23(29)26-4-2)27(13-16-5-8-17(24)18(25)11-16)22(28)10-7-15-6-9-20-21(12-15)31-14-30-20/h5-6,8-9,11-12,19H,3-4,7,10,13-14H2,1-2H3,(H,26,29)/t19-/m1/s1. The maximum absolute atomic E-state index is 13.2. The molecule has 0 aliphatic carbocycles. The van der Waals surface area contributed by atoms with Crippen molar-refractivity contribution in [2.45, 2.75) is 45.7 Å². The van der Waals surface area contributed by atoms with Crippen LogP contribution in [0.4, 0.5) is 0 Å². The minimum Gasteiger partial charge on any atom is -0.454 e. The van der Waals surface area contributed by atoms with E-state index in [2.05, 4.69) is 5.32 Å². The van der Waals surface area contributed by atoms with E-state index in [0.29, 0.717) is 40.9 Å². The van der Waals surface area contributed by atoms with Crippen LogP contribution >= 0.6 is 23.2 Å². The van der Waals surface area contributed by atoms with Crippen LogP contribution < -0.4 is 14.8 Å². The van der Waals surface area contributed by atoms with Gasteiger partial charge >= 0.3 is 0 Å². The summed E-state index contributed by atoms with van der Waals surface area (Å²) in [6.45, 7) is 4.73. The number of rotatable bonds is 9. The Hall–Kier alpha value is -2.44. The van der Waals surface area contributed by atoms with Crippen LogP contribution in [0.3, 0.4) is 0 Å². The maximum atomic E-state index is 13.2. The number of hydrogen-bond donors (Lipinski definition) is 1. The molecule has 6 nitrogen and oxygen atoms in total. The van der Waals surface area contributed by atoms with Gasteiger partial charge in [-0.1, -0.05) is 42.3 Å². The molecule has 2 aromatic carbocycles. The van der Waals surface area contributed by atoms with Crippen molar-refractivity contribution in [2.24, 2.45) is 0 Å². The lowest BCUT2D eigenvalue weighted by Crippen LogP contribution is -2.49. The van der Waals surface area contributed by atoms with E-state index in [1.165, 1.54) is 0 Å². The summed E-state index contributed by atoms with van der Waals surface area (Å²) in [7, 11) is 0. The number of likely N-dealkylation sites (N-methyl/N-ethyl adjacent to an activating group) is 1. The number of nitrogens with one attached hydrogen (secondary N) is 1. The van der Waals surface area contributed by atoms with Crippen LogP contribution in [0.1, 0.15) is 37.8 Å². The fourth-order valence-corrected chi connectivity index (χ4v) is 3.86. The van der Waals surface area contributed by atoms with Gasteiger partial charge in [-0.3, -0.25) is 9.59 Å². The molecule has 1 aliphatic heterocycles. The van der Waals surface area contributed by atoms with Gasteiger partial charge in [0.05, 0.1) is 10.0 Å². The fourth-order valence-electron chi connectivity index (χ4n) is 3.54. The van der Waals surface area contributed by atoms with E-state index in [4.69, 9.17) is 32.7 Å². The molecule has 8 heteroatoms. The van der Waals surface area contributed by atoms with Gasteiger partial charge in [0.1, 0.15) is 6.04 Å². The van der Waals surface area contributed by atoms with Crippen LogP contribution in [0.25, 0.3) is 0 Å². The van der Waals surface area contributed by atoms with Gasteiger partial charge in [-0.05, 0) is 55.2 Å². The number of amides is 2. The Morgan fingerprint density at radius 1 is 1.03 bits per heavy atom. The van der Waals surface area contributed by atoms with Gasteiger partial charge in [0.2, 0.25) is 18.6 Å². The van der Waals surface area contributed by atoms with E-state index in [1.807, 2.05) is 38.1 Å². The molecule has 3 rings (SSSR count). The number of halogens is 2. The molecular formula is C23H26Cl2N2O4. The fraction of sp³-hybridized carbons (Fsp3) is 0.391. The van der Waals surface area contributed by atoms with E-state index >= 15 is 0 Å². The Morgan fingerprint density at radius 2 is 1.77 bits per heavy atom. The Balaban J connectivity index is 1.77. The number of hydrogen-bond acceptors (Lipinski definition) is 4. The van der Waals surface area contributed by atoms with Gasteiger partial charge in [-0.25, -0.2) is 0 Å². The predicted octanol–water partition coefficient (Wildman–Crippen LogP) is 4.60. The summed E-state index contributed by atoms with van der Waals surface area (Å²) in [6, 6.07) is 10.3. The zero-order chi connectivity index (χ0) is 22.4. The molecule has 0 unspecified atom stereocenters. The zero-order valence-electron chi connectivity index (χ0n) is 17.6. The van der Waals surface area contributed by atoms with E-state index in [9.17, 15) is 9.59 Å². The molecule has 1 atom stereocenters. The number of carbonyl (C=O) groups excluding carboxylic acids is 2. The van der Waals surface area contributed by atoms with E-state index in [1.54, 1.807) is 17.0 Å². The second-order valence-corrected chi connectivity index (χ2v) is 8.09. The third-order valence-electron chi connectivity index (χ3n) is 5.14. The molecule has 0 saturated heterocycles. The summed E-state index contributed by atoms with van der Waals surface area (Å²) in [5.74, 6) is 1.12. The van der Waals surface area contributed by atoms with E-state index < -0.39 is 6.04 Å². The summed E-state index contributed by atoms with van der Waals surface area (Å²) < 4.78 is 10.7. The van der Waals surface area contributed by atoms with Gasteiger partial charge in [0, 0.05) is 19.5 Å². The quantitative estimate of drug-likeness (QED) is 0.588. The molecular weight excluding hydrogens is 439 g/mol. The highest BCUT2D eigenvalue weighted by Crippen LogP contribution is 2.33. The largest absolute Gasteiger partial charge is 0.454 e. The summed E-state index contributed by atoms with van der Waals surface area (Å²) in [5.41, 5.74) is 1.78. The first-order chi connectivity index (χ1) is 14.9. The van der Waals surface area contributed by atoms with Crippen molar-refractivity contribution in [3.8, 4) is 11.5 Å². The average molecular weight is 465 g/mol. The smallest absolute Gasteiger partial charge is 0.242 e. The predicted molar refractivity (Wildman–Crippen MR) is 121 cm³/mol. The highest BCUT2D eigenvalue weighted by atomic mass is 35.5. The molecule has 1 heterocycles. The monoisotopic (exact) mass is 464 g/mol. The van der Waals surface area contributed by atoms with E-state index in [-0.39, 0.29) is 31.6 Å². The van der Waals surface area contributed by atoms with Crippen LogP contribution in [0.5, 0.6) is 11.5 Å². The van der Waals surface area contributed by atoms with Crippen molar-refractivity contribution in [3.05, 3.63) is 57.6 Å². The number of benzene rings is 2. The molecule has 166 valence electrons. The summed E-state index contributed by atoms with van der Waals surface area (Å²) in [4.78, 5) is 27.5. The number of ether oxygens (including phenoxy) is 2. The van der Waals surface area contributed by atoms with E-state index in [0.717, 1.165) is 11.1 Å². The number of carbonyl (C=O) groups is 2. The minimum absolute atomic E-state index is 0.109. The Kier molecular flexibility index (Phi) is 8.04. The SMILES string of the molecule is CCNC(=O)[C@@H](CC)N(Cc1ccc(Cl)c(Cl)c1)C(=O)CCc1ccc2c(c1)OCO2. The van der Waals surface area contributed by atoms with Gasteiger partial charge in [0.25, 0.3) is 0 Å².